The fourth-order valence-electron chi connectivity index (χ4n) is 3.75. The number of aromatic nitrogens is 2. The van der Waals surface area contributed by atoms with Gasteiger partial charge in [-0.2, -0.15) is 0 Å². The molecule has 0 saturated carbocycles. The van der Waals surface area contributed by atoms with E-state index in [0.717, 1.165) is 5.56 Å². The molecule has 1 amide bonds. The van der Waals surface area contributed by atoms with Crippen molar-refractivity contribution in [3.8, 4) is 17.1 Å². The van der Waals surface area contributed by atoms with Crippen molar-refractivity contribution < 1.29 is 32.6 Å². The highest BCUT2D eigenvalue weighted by Gasteiger charge is 2.31. The van der Waals surface area contributed by atoms with Gasteiger partial charge >= 0.3 is 12.3 Å². The highest BCUT2D eigenvalue weighted by Crippen LogP contribution is 2.31. The lowest BCUT2D eigenvalue weighted by atomic mass is 10.1. The molecule has 0 aliphatic heterocycles. The summed E-state index contributed by atoms with van der Waals surface area (Å²) in [4.78, 5) is 27.8. The molecule has 0 unspecified atom stereocenters. The van der Waals surface area contributed by atoms with Crippen molar-refractivity contribution in [1.82, 2.24) is 14.9 Å². The zero-order valence-corrected chi connectivity index (χ0v) is 20.4. The van der Waals surface area contributed by atoms with E-state index in [1.54, 1.807) is 41.0 Å². The molecular weight excluding hydrogens is 534 g/mol. The number of carbonyl (C=O) groups excluding carboxylic acids is 1. The van der Waals surface area contributed by atoms with Crippen LogP contribution in [-0.4, -0.2) is 39.4 Å². The average molecular weight is 552 g/mol. The Morgan fingerprint density at radius 1 is 1.03 bits per heavy atom. The normalized spacial score (nSPS) is 11.5. The standard InChI is InChI=1S/C25H18Cl2F3N3O4/c26-17-8-14(9-18(27)12-17)13-33-21-5-4-16(24(36)31-7-6-22(34)35)11-20(21)32-23(33)15-2-1-3-19(10-15)37-25(28,29)30/h1-5,8-12H,6-7,13H2,(H,31,36)(H,34,35). The molecule has 7 nitrogen and oxygen atoms in total. The highest BCUT2D eigenvalue weighted by atomic mass is 35.5. The summed E-state index contributed by atoms with van der Waals surface area (Å²) in [5.41, 5.74) is 2.30. The second-order valence-corrected chi connectivity index (χ2v) is 8.85. The van der Waals surface area contributed by atoms with Crippen LogP contribution in [0.2, 0.25) is 10.0 Å². The molecule has 3 aromatic carbocycles. The molecule has 1 aromatic heterocycles. The number of carbonyl (C=O) groups is 2. The largest absolute Gasteiger partial charge is 0.573 e. The minimum absolute atomic E-state index is 0.0482. The van der Waals surface area contributed by atoms with Crippen molar-refractivity contribution in [2.75, 3.05) is 6.54 Å². The molecule has 0 spiro atoms. The van der Waals surface area contributed by atoms with Gasteiger partial charge in [-0.1, -0.05) is 35.3 Å². The third-order valence-corrected chi connectivity index (χ3v) is 5.66. The Morgan fingerprint density at radius 3 is 2.43 bits per heavy atom. The molecule has 0 aliphatic carbocycles. The van der Waals surface area contributed by atoms with E-state index in [-0.39, 0.29) is 25.1 Å². The minimum Gasteiger partial charge on any atom is -0.481 e. The number of ether oxygens (including phenoxy) is 1. The molecule has 12 heteroatoms. The fraction of sp³-hybridized carbons (Fsp3) is 0.160. The van der Waals surface area contributed by atoms with Crippen LogP contribution in [0.5, 0.6) is 5.75 Å². The van der Waals surface area contributed by atoms with Gasteiger partial charge in [-0.3, -0.25) is 9.59 Å². The van der Waals surface area contributed by atoms with Gasteiger partial charge in [0.25, 0.3) is 5.91 Å². The predicted molar refractivity (Wildman–Crippen MR) is 132 cm³/mol. The number of carboxylic acids is 1. The van der Waals surface area contributed by atoms with E-state index in [1.165, 1.54) is 24.3 Å². The molecule has 0 radical (unpaired) electrons. The molecule has 0 fully saturated rings. The van der Waals surface area contributed by atoms with Crippen LogP contribution in [0.4, 0.5) is 13.2 Å². The lowest BCUT2D eigenvalue weighted by Crippen LogP contribution is -2.25. The summed E-state index contributed by atoms with van der Waals surface area (Å²) in [5.74, 6) is -1.62. The second kappa shape index (κ2) is 10.7. The Labute approximate surface area is 218 Å². The third-order valence-electron chi connectivity index (χ3n) is 5.22. The smallest absolute Gasteiger partial charge is 0.481 e. The number of fused-ring (bicyclic) bond motifs is 1. The van der Waals surface area contributed by atoms with Crippen LogP contribution in [0.25, 0.3) is 22.4 Å². The van der Waals surface area contributed by atoms with Crippen LogP contribution in [0.1, 0.15) is 22.3 Å². The third kappa shape index (κ3) is 6.72. The van der Waals surface area contributed by atoms with Crippen LogP contribution in [0.15, 0.2) is 60.7 Å². The summed E-state index contributed by atoms with van der Waals surface area (Å²) >= 11 is 12.3. The molecule has 0 saturated heterocycles. The Kier molecular flexibility index (Phi) is 7.60. The number of aliphatic carboxylic acids is 1. The van der Waals surface area contributed by atoms with Crippen molar-refractivity contribution in [2.45, 2.75) is 19.3 Å². The van der Waals surface area contributed by atoms with Crippen molar-refractivity contribution >= 4 is 46.1 Å². The number of halogens is 5. The van der Waals surface area contributed by atoms with Crippen LogP contribution in [0, 0.1) is 0 Å². The first-order valence-corrected chi connectivity index (χ1v) is 11.6. The highest BCUT2D eigenvalue weighted by molar-refractivity contribution is 6.34. The minimum atomic E-state index is -4.86. The molecule has 0 atom stereocenters. The quantitative estimate of drug-likeness (QED) is 0.273. The van der Waals surface area contributed by atoms with Gasteiger partial charge in [-0.05, 0) is 54.1 Å². The van der Waals surface area contributed by atoms with Gasteiger partial charge in [0.05, 0.1) is 17.5 Å². The number of hydrogen-bond donors (Lipinski definition) is 2. The van der Waals surface area contributed by atoms with E-state index >= 15 is 0 Å². The molecule has 37 heavy (non-hydrogen) atoms. The molecule has 2 N–H and O–H groups in total. The molecule has 4 rings (SSSR count). The first-order chi connectivity index (χ1) is 17.5. The van der Waals surface area contributed by atoms with Gasteiger partial charge in [0.15, 0.2) is 0 Å². The first-order valence-electron chi connectivity index (χ1n) is 10.8. The van der Waals surface area contributed by atoms with E-state index in [9.17, 15) is 22.8 Å². The summed E-state index contributed by atoms with van der Waals surface area (Å²) in [7, 11) is 0. The number of benzene rings is 3. The molecular formula is C25H18Cl2F3N3O4. The summed E-state index contributed by atoms with van der Waals surface area (Å²) < 4.78 is 44.2. The fourth-order valence-corrected chi connectivity index (χ4v) is 4.32. The summed E-state index contributed by atoms with van der Waals surface area (Å²) in [6.45, 7) is 0.175. The Balaban J connectivity index is 1.78. The van der Waals surface area contributed by atoms with Crippen LogP contribution >= 0.6 is 23.2 Å². The van der Waals surface area contributed by atoms with Gasteiger partial charge < -0.3 is 19.7 Å². The van der Waals surface area contributed by atoms with E-state index in [4.69, 9.17) is 28.3 Å². The SMILES string of the molecule is O=C(O)CCNC(=O)c1ccc2c(c1)nc(-c1cccc(OC(F)(F)F)c1)n2Cc1cc(Cl)cc(Cl)c1. The van der Waals surface area contributed by atoms with E-state index < -0.39 is 24.0 Å². The van der Waals surface area contributed by atoms with Gasteiger partial charge in [-0.15, -0.1) is 13.2 Å². The Morgan fingerprint density at radius 2 is 1.76 bits per heavy atom. The number of hydrogen-bond acceptors (Lipinski definition) is 4. The van der Waals surface area contributed by atoms with Crippen LogP contribution in [0.3, 0.4) is 0 Å². The first kappa shape index (κ1) is 26.3. The van der Waals surface area contributed by atoms with Gasteiger partial charge in [0, 0.05) is 34.3 Å². The topological polar surface area (TPSA) is 93.5 Å². The lowest BCUT2D eigenvalue weighted by Gasteiger charge is -2.13. The molecule has 1 heterocycles. The zero-order valence-electron chi connectivity index (χ0n) is 18.9. The predicted octanol–water partition coefficient (Wildman–Crippen LogP) is 6.16. The maximum absolute atomic E-state index is 12.8. The summed E-state index contributed by atoms with van der Waals surface area (Å²) in [6, 6.07) is 15.1. The Hall–Kier alpha value is -3.76. The monoisotopic (exact) mass is 551 g/mol. The number of nitrogens with one attached hydrogen (secondary N) is 1. The number of imidazole rings is 1. The van der Waals surface area contributed by atoms with Crippen molar-refractivity contribution in [3.05, 3.63) is 81.8 Å². The second-order valence-electron chi connectivity index (χ2n) is 7.98. The molecule has 192 valence electrons. The summed E-state index contributed by atoms with van der Waals surface area (Å²) in [6.07, 6.45) is -5.09. The molecule has 0 aliphatic rings. The van der Waals surface area contributed by atoms with Crippen LogP contribution in [-0.2, 0) is 11.3 Å². The van der Waals surface area contributed by atoms with Crippen molar-refractivity contribution in [2.24, 2.45) is 0 Å². The number of nitrogens with zero attached hydrogens (tertiary/aromatic N) is 2. The van der Waals surface area contributed by atoms with Crippen molar-refractivity contribution in [3.63, 3.8) is 0 Å². The van der Waals surface area contributed by atoms with E-state index in [0.29, 0.717) is 32.5 Å². The van der Waals surface area contributed by atoms with Crippen LogP contribution < -0.4 is 10.1 Å². The maximum atomic E-state index is 12.8. The number of rotatable bonds is 8. The van der Waals surface area contributed by atoms with Crippen molar-refractivity contribution in [1.29, 1.82) is 0 Å². The molecule has 0 bridgehead atoms. The Bertz CT molecular complexity index is 1470. The van der Waals surface area contributed by atoms with Gasteiger partial charge in [0.1, 0.15) is 11.6 Å². The maximum Gasteiger partial charge on any atom is 0.573 e. The van der Waals surface area contributed by atoms with E-state index in [2.05, 4.69) is 15.0 Å². The number of amides is 1. The average Bonchev–Trinajstić information content (AvgIpc) is 3.14. The number of alkyl halides is 3. The van der Waals surface area contributed by atoms with Gasteiger partial charge in [0.2, 0.25) is 0 Å². The van der Waals surface area contributed by atoms with Gasteiger partial charge in [-0.25, -0.2) is 4.98 Å². The number of carboxylic acid groups (broad SMARTS) is 1. The molecule has 4 aromatic rings. The van der Waals surface area contributed by atoms with E-state index in [1.807, 2.05) is 0 Å². The lowest BCUT2D eigenvalue weighted by molar-refractivity contribution is -0.274. The summed E-state index contributed by atoms with van der Waals surface area (Å²) in [5, 5.41) is 12.1. The zero-order chi connectivity index (χ0) is 26.7.